The highest BCUT2D eigenvalue weighted by atomic mass is 35.5. The molecule has 0 heterocycles. The Kier molecular flexibility index (Phi) is 5.47. The zero-order chi connectivity index (χ0) is 15.3. The SMILES string of the molecule is CN(Sc1ccc(Cl)cc1)S(=O)(=O)C1=CC=CC=CC=C1. The van der Waals surface area contributed by atoms with E-state index in [-0.39, 0.29) is 4.91 Å². The van der Waals surface area contributed by atoms with Crippen molar-refractivity contribution in [2.24, 2.45) is 0 Å². The molecular formula is C15H14ClNO2S2. The highest BCUT2D eigenvalue weighted by Crippen LogP contribution is 2.28. The summed E-state index contributed by atoms with van der Waals surface area (Å²) in [6, 6.07) is 7.02. The number of benzene rings is 1. The first-order valence-electron chi connectivity index (χ1n) is 6.14. The summed E-state index contributed by atoms with van der Waals surface area (Å²) in [6.45, 7) is 0. The minimum Gasteiger partial charge on any atom is -0.206 e. The van der Waals surface area contributed by atoms with Gasteiger partial charge in [0, 0.05) is 17.0 Å². The van der Waals surface area contributed by atoms with Crippen molar-refractivity contribution in [1.82, 2.24) is 3.71 Å². The number of rotatable bonds is 4. The normalized spacial score (nSPS) is 14.9. The van der Waals surface area contributed by atoms with Gasteiger partial charge in [-0.1, -0.05) is 42.0 Å². The van der Waals surface area contributed by atoms with E-state index in [0.717, 1.165) is 16.8 Å². The quantitative estimate of drug-likeness (QED) is 0.772. The van der Waals surface area contributed by atoms with Crippen molar-refractivity contribution in [1.29, 1.82) is 0 Å². The first-order valence-corrected chi connectivity index (χ1v) is 8.73. The zero-order valence-corrected chi connectivity index (χ0v) is 13.7. The third kappa shape index (κ3) is 4.35. The van der Waals surface area contributed by atoms with Crippen molar-refractivity contribution < 1.29 is 8.42 Å². The van der Waals surface area contributed by atoms with Gasteiger partial charge in [0.1, 0.15) is 0 Å². The lowest BCUT2D eigenvalue weighted by molar-refractivity contribution is 0.572. The summed E-state index contributed by atoms with van der Waals surface area (Å²) in [4.78, 5) is 1.04. The molecule has 1 aromatic carbocycles. The summed E-state index contributed by atoms with van der Waals surface area (Å²) in [5.41, 5.74) is 0. The molecule has 1 aliphatic rings. The molecule has 0 bridgehead atoms. The van der Waals surface area contributed by atoms with Crippen molar-refractivity contribution in [3.05, 3.63) is 76.7 Å². The fourth-order valence-corrected chi connectivity index (χ4v) is 3.95. The molecule has 110 valence electrons. The fraction of sp³-hybridized carbons (Fsp3) is 0.0667. The molecule has 6 heteroatoms. The van der Waals surface area contributed by atoms with Crippen LogP contribution in [0.25, 0.3) is 0 Å². The Morgan fingerprint density at radius 2 is 1.62 bits per heavy atom. The lowest BCUT2D eigenvalue weighted by atomic mass is 10.3. The largest absolute Gasteiger partial charge is 0.252 e. The second-order valence-electron chi connectivity index (χ2n) is 4.16. The van der Waals surface area contributed by atoms with Gasteiger partial charge in [-0.25, -0.2) is 8.42 Å². The van der Waals surface area contributed by atoms with Crippen LogP contribution in [0.1, 0.15) is 0 Å². The van der Waals surface area contributed by atoms with Crippen molar-refractivity contribution in [3.63, 3.8) is 0 Å². The van der Waals surface area contributed by atoms with Crippen LogP contribution in [0.3, 0.4) is 0 Å². The molecule has 0 atom stereocenters. The summed E-state index contributed by atoms with van der Waals surface area (Å²) in [5.74, 6) is 0. The summed E-state index contributed by atoms with van der Waals surface area (Å²) >= 11 is 6.95. The highest BCUT2D eigenvalue weighted by Gasteiger charge is 2.22. The molecule has 0 aromatic heterocycles. The molecule has 0 spiro atoms. The van der Waals surface area contributed by atoms with Crippen molar-refractivity contribution in [2.75, 3.05) is 7.05 Å². The van der Waals surface area contributed by atoms with Crippen LogP contribution < -0.4 is 0 Å². The van der Waals surface area contributed by atoms with Crippen LogP contribution in [-0.4, -0.2) is 19.2 Å². The molecule has 0 saturated heterocycles. The van der Waals surface area contributed by atoms with Crippen LogP contribution in [0.5, 0.6) is 0 Å². The molecule has 1 aromatic rings. The smallest absolute Gasteiger partial charge is 0.206 e. The van der Waals surface area contributed by atoms with E-state index in [9.17, 15) is 8.42 Å². The van der Waals surface area contributed by atoms with Crippen LogP contribution in [0.15, 0.2) is 76.6 Å². The van der Waals surface area contributed by atoms with E-state index < -0.39 is 10.0 Å². The fourth-order valence-electron chi connectivity index (χ4n) is 1.56. The maximum atomic E-state index is 12.5. The third-order valence-corrected chi connectivity index (χ3v) is 6.00. The van der Waals surface area contributed by atoms with E-state index in [1.54, 1.807) is 60.7 Å². The third-order valence-electron chi connectivity index (χ3n) is 2.65. The average Bonchev–Trinajstić information content (AvgIpc) is 2.40. The van der Waals surface area contributed by atoms with E-state index in [1.807, 2.05) is 6.08 Å². The summed E-state index contributed by atoms with van der Waals surface area (Å²) < 4.78 is 26.3. The van der Waals surface area contributed by atoms with Gasteiger partial charge >= 0.3 is 0 Å². The molecule has 0 amide bonds. The molecule has 21 heavy (non-hydrogen) atoms. The molecule has 3 nitrogen and oxygen atoms in total. The average molecular weight is 340 g/mol. The highest BCUT2D eigenvalue weighted by molar-refractivity contribution is 8.10. The van der Waals surface area contributed by atoms with E-state index in [2.05, 4.69) is 0 Å². The maximum absolute atomic E-state index is 12.5. The molecule has 0 radical (unpaired) electrons. The molecule has 0 N–H and O–H groups in total. The predicted molar refractivity (Wildman–Crippen MR) is 89.5 cm³/mol. The van der Waals surface area contributed by atoms with Gasteiger partial charge in [0.2, 0.25) is 0 Å². The number of sulfonamides is 1. The van der Waals surface area contributed by atoms with Crippen molar-refractivity contribution in [2.45, 2.75) is 4.90 Å². The number of halogens is 1. The Bertz CT molecular complexity index is 717. The van der Waals surface area contributed by atoms with Gasteiger partial charge in [0.05, 0.1) is 4.91 Å². The predicted octanol–water partition coefficient (Wildman–Crippen LogP) is 4.17. The van der Waals surface area contributed by atoms with Crippen LogP contribution in [0.4, 0.5) is 0 Å². The lowest BCUT2D eigenvalue weighted by Gasteiger charge is -2.16. The van der Waals surface area contributed by atoms with Crippen LogP contribution in [0.2, 0.25) is 5.02 Å². The molecule has 0 unspecified atom stereocenters. The second-order valence-corrected chi connectivity index (χ2v) is 8.00. The Labute approximate surface area is 134 Å². The van der Waals surface area contributed by atoms with Crippen molar-refractivity contribution in [3.8, 4) is 0 Å². The minimum absolute atomic E-state index is 0.243. The number of hydrogen-bond acceptors (Lipinski definition) is 3. The van der Waals surface area contributed by atoms with E-state index in [1.165, 1.54) is 10.8 Å². The summed E-state index contributed by atoms with van der Waals surface area (Å²) in [7, 11) is -2.03. The van der Waals surface area contributed by atoms with E-state index >= 15 is 0 Å². The second kappa shape index (κ2) is 7.13. The zero-order valence-electron chi connectivity index (χ0n) is 11.3. The molecular weight excluding hydrogens is 326 g/mol. The van der Waals surface area contributed by atoms with Gasteiger partial charge in [-0.15, -0.1) is 3.71 Å². The first kappa shape index (κ1) is 16.1. The Hall–Kier alpha value is -1.27. The van der Waals surface area contributed by atoms with Gasteiger partial charge < -0.3 is 0 Å². The number of nitrogens with zero attached hydrogens (tertiary/aromatic N) is 1. The summed E-state index contributed by atoms with van der Waals surface area (Å²) in [5, 5.41) is 0.618. The topological polar surface area (TPSA) is 37.4 Å². The van der Waals surface area contributed by atoms with Crippen LogP contribution in [0, 0.1) is 0 Å². The molecule has 0 saturated carbocycles. The molecule has 0 aliphatic heterocycles. The summed E-state index contributed by atoms with van der Waals surface area (Å²) in [6.07, 6.45) is 12.0. The van der Waals surface area contributed by atoms with E-state index in [4.69, 9.17) is 11.6 Å². The van der Waals surface area contributed by atoms with Crippen molar-refractivity contribution >= 4 is 33.6 Å². The van der Waals surface area contributed by atoms with Gasteiger partial charge in [0.15, 0.2) is 0 Å². The molecule has 2 rings (SSSR count). The lowest BCUT2D eigenvalue weighted by Crippen LogP contribution is -2.21. The standard InChI is InChI=1S/C15H14ClNO2S2/c1-17(20-14-11-9-13(16)10-12-14)21(18,19)15-7-5-3-2-4-6-8-15/h2-12H,1H3. The molecule has 1 aliphatic carbocycles. The molecule has 0 fully saturated rings. The van der Waals surface area contributed by atoms with Crippen LogP contribution in [-0.2, 0) is 10.0 Å². The van der Waals surface area contributed by atoms with Gasteiger partial charge in [0.25, 0.3) is 10.0 Å². The van der Waals surface area contributed by atoms with Gasteiger partial charge in [-0.3, -0.25) is 0 Å². The Morgan fingerprint density at radius 1 is 1.00 bits per heavy atom. The minimum atomic E-state index is -3.56. The Balaban J connectivity index is 2.20. The van der Waals surface area contributed by atoms with E-state index in [0.29, 0.717) is 5.02 Å². The number of allylic oxidation sites excluding steroid dienone is 7. The first-order chi connectivity index (χ1) is 10.00. The van der Waals surface area contributed by atoms with Gasteiger partial charge in [-0.05, 0) is 48.4 Å². The van der Waals surface area contributed by atoms with Crippen LogP contribution >= 0.6 is 23.5 Å². The Morgan fingerprint density at radius 3 is 2.33 bits per heavy atom. The maximum Gasteiger partial charge on any atom is 0.252 e. The monoisotopic (exact) mass is 339 g/mol. The van der Waals surface area contributed by atoms with Gasteiger partial charge in [-0.2, -0.15) is 0 Å². The number of hydrogen-bond donors (Lipinski definition) is 0.